The van der Waals surface area contributed by atoms with Crippen LogP contribution in [0.4, 0.5) is 0 Å². The Kier molecular flexibility index (Phi) is 3.53. The zero-order valence-corrected chi connectivity index (χ0v) is 10.6. The molecule has 2 atom stereocenters. The van der Waals surface area contributed by atoms with Crippen LogP contribution in [0, 0.1) is 0 Å². The van der Waals surface area contributed by atoms with E-state index in [4.69, 9.17) is 16.3 Å². The van der Waals surface area contributed by atoms with E-state index in [0.29, 0.717) is 0 Å². The molecule has 16 heavy (non-hydrogen) atoms. The van der Waals surface area contributed by atoms with Crippen molar-refractivity contribution in [3.63, 3.8) is 0 Å². The minimum Gasteiger partial charge on any atom is -0.370 e. The molecule has 0 radical (unpaired) electrons. The van der Waals surface area contributed by atoms with E-state index in [9.17, 15) is 0 Å². The topological polar surface area (TPSA) is 21.3 Å². The molecule has 1 aromatic rings. The van der Waals surface area contributed by atoms with Gasteiger partial charge in [-0.05, 0) is 31.0 Å². The first-order valence-electron chi connectivity index (χ1n) is 5.75. The highest BCUT2D eigenvalue weighted by Gasteiger charge is 2.30. The second kappa shape index (κ2) is 4.74. The summed E-state index contributed by atoms with van der Waals surface area (Å²) < 4.78 is 5.90. The minimum atomic E-state index is 0.120. The van der Waals surface area contributed by atoms with Crippen molar-refractivity contribution in [3.8, 4) is 0 Å². The monoisotopic (exact) mass is 239 g/mol. The van der Waals surface area contributed by atoms with Gasteiger partial charge in [0.2, 0.25) is 0 Å². The molecule has 0 amide bonds. The summed E-state index contributed by atoms with van der Waals surface area (Å²) in [5.41, 5.74) is 1.27. The third-order valence-corrected chi connectivity index (χ3v) is 3.55. The molecular weight excluding hydrogens is 222 g/mol. The molecule has 0 saturated carbocycles. The first-order valence-corrected chi connectivity index (χ1v) is 6.13. The number of benzene rings is 1. The molecule has 0 bridgehead atoms. The van der Waals surface area contributed by atoms with E-state index < -0.39 is 0 Å². The highest BCUT2D eigenvalue weighted by molar-refractivity contribution is 6.30. The largest absolute Gasteiger partial charge is 0.370 e. The van der Waals surface area contributed by atoms with Gasteiger partial charge in [0.1, 0.15) is 0 Å². The maximum absolute atomic E-state index is 5.97. The molecule has 0 aromatic heterocycles. The van der Waals surface area contributed by atoms with Gasteiger partial charge in [0.25, 0.3) is 0 Å². The van der Waals surface area contributed by atoms with Crippen molar-refractivity contribution in [2.75, 3.05) is 13.2 Å². The molecule has 1 fully saturated rings. The number of halogens is 1. The van der Waals surface area contributed by atoms with Crippen LogP contribution in [-0.4, -0.2) is 18.7 Å². The molecule has 0 aliphatic carbocycles. The molecule has 1 heterocycles. The minimum absolute atomic E-state index is 0.120. The zero-order valence-electron chi connectivity index (χ0n) is 9.79. The zero-order chi connectivity index (χ0) is 11.6. The molecular formula is C13H18ClNO. The van der Waals surface area contributed by atoms with Crippen molar-refractivity contribution < 1.29 is 4.74 Å². The number of morpholine rings is 1. The van der Waals surface area contributed by atoms with Gasteiger partial charge < -0.3 is 10.1 Å². The van der Waals surface area contributed by atoms with Crippen molar-refractivity contribution in [2.45, 2.75) is 31.9 Å². The van der Waals surface area contributed by atoms with Gasteiger partial charge in [0.15, 0.2) is 0 Å². The van der Waals surface area contributed by atoms with Crippen LogP contribution in [0.2, 0.25) is 5.02 Å². The van der Waals surface area contributed by atoms with E-state index in [1.165, 1.54) is 0 Å². The predicted octanol–water partition coefficient (Wildman–Crippen LogP) is 3.17. The Morgan fingerprint density at radius 1 is 1.56 bits per heavy atom. The predicted molar refractivity (Wildman–Crippen MR) is 66.8 cm³/mol. The van der Waals surface area contributed by atoms with Gasteiger partial charge in [-0.2, -0.15) is 0 Å². The first-order chi connectivity index (χ1) is 7.63. The normalized spacial score (nSPS) is 30.3. The van der Waals surface area contributed by atoms with Crippen molar-refractivity contribution in [1.29, 1.82) is 0 Å². The van der Waals surface area contributed by atoms with Crippen LogP contribution in [0.25, 0.3) is 0 Å². The molecule has 1 aliphatic rings. The van der Waals surface area contributed by atoms with Crippen LogP contribution in [0.3, 0.4) is 0 Å². The summed E-state index contributed by atoms with van der Waals surface area (Å²) in [5.74, 6) is 0. The van der Waals surface area contributed by atoms with Gasteiger partial charge in [-0.3, -0.25) is 0 Å². The van der Waals surface area contributed by atoms with Crippen molar-refractivity contribution in [1.82, 2.24) is 5.32 Å². The summed E-state index contributed by atoms with van der Waals surface area (Å²) in [5, 5.41) is 4.31. The van der Waals surface area contributed by atoms with Crippen LogP contribution >= 0.6 is 11.6 Å². The third kappa shape index (κ3) is 2.57. The van der Waals surface area contributed by atoms with E-state index >= 15 is 0 Å². The summed E-state index contributed by atoms with van der Waals surface area (Å²) in [6, 6.07) is 7.89. The number of rotatable bonds is 2. The van der Waals surface area contributed by atoms with Crippen LogP contribution in [0.15, 0.2) is 24.3 Å². The van der Waals surface area contributed by atoms with E-state index in [1.54, 1.807) is 0 Å². The number of hydrogen-bond acceptors (Lipinski definition) is 2. The van der Waals surface area contributed by atoms with Gasteiger partial charge in [0, 0.05) is 17.1 Å². The fraction of sp³-hybridized carbons (Fsp3) is 0.538. The molecule has 2 rings (SSSR count). The lowest BCUT2D eigenvalue weighted by atomic mass is 9.96. The van der Waals surface area contributed by atoms with E-state index in [2.05, 4.69) is 25.2 Å². The highest BCUT2D eigenvalue weighted by Crippen LogP contribution is 2.26. The van der Waals surface area contributed by atoms with Gasteiger partial charge in [-0.1, -0.05) is 30.7 Å². The molecule has 1 saturated heterocycles. The Morgan fingerprint density at radius 3 is 2.94 bits per heavy atom. The molecule has 1 N–H and O–H groups in total. The van der Waals surface area contributed by atoms with Crippen LogP contribution in [0.1, 0.15) is 31.9 Å². The lowest BCUT2D eigenvalue weighted by Crippen LogP contribution is -2.52. The number of hydrogen-bond donors (Lipinski definition) is 1. The summed E-state index contributed by atoms with van der Waals surface area (Å²) in [6.45, 7) is 5.97. The third-order valence-electron chi connectivity index (χ3n) is 3.32. The lowest BCUT2D eigenvalue weighted by Gasteiger charge is -2.38. The fourth-order valence-electron chi connectivity index (χ4n) is 1.88. The van der Waals surface area contributed by atoms with E-state index in [1.807, 2.05) is 18.2 Å². The van der Waals surface area contributed by atoms with Crippen molar-refractivity contribution >= 4 is 11.6 Å². The van der Waals surface area contributed by atoms with Crippen molar-refractivity contribution in [2.24, 2.45) is 0 Å². The number of nitrogens with one attached hydrogen (secondary N) is 1. The molecule has 1 aliphatic heterocycles. The highest BCUT2D eigenvalue weighted by atomic mass is 35.5. The van der Waals surface area contributed by atoms with Crippen LogP contribution < -0.4 is 5.32 Å². The first kappa shape index (κ1) is 11.9. The quantitative estimate of drug-likeness (QED) is 0.856. The Balaban J connectivity index is 2.04. The van der Waals surface area contributed by atoms with Crippen LogP contribution in [-0.2, 0) is 4.74 Å². The van der Waals surface area contributed by atoms with Gasteiger partial charge >= 0.3 is 0 Å². The average molecular weight is 240 g/mol. The second-order valence-electron chi connectivity index (χ2n) is 4.65. The SMILES string of the molecule is CCC1(C)COC(c2cccc(Cl)c2)CN1. The summed E-state index contributed by atoms with van der Waals surface area (Å²) in [4.78, 5) is 0. The molecule has 3 heteroatoms. The average Bonchev–Trinajstić information content (AvgIpc) is 2.30. The maximum atomic E-state index is 5.97. The molecule has 2 nitrogen and oxygen atoms in total. The lowest BCUT2D eigenvalue weighted by molar-refractivity contribution is -0.0299. The summed E-state index contributed by atoms with van der Waals surface area (Å²) in [7, 11) is 0. The summed E-state index contributed by atoms with van der Waals surface area (Å²) in [6.07, 6.45) is 1.20. The smallest absolute Gasteiger partial charge is 0.0950 e. The molecule has 2 unspecified atom stereocenters. The molecule has 88 valence electrons. The maximum Gasteiger partial charge on any atom is 0.0950 e. The van der Waals surface area contributed by atoms with Gasteiger partial charge in [0.05, 0.1) is 12.7 Å². The fourth-order valence-corrected chi connectivity index (χ4v) is 2.08. The Morgan fingerprint density at radius 2 is 2.38 bits per heavy atom. The van der Waals surface area contributed by atoms with E-state index in [-0.39, 0.29) is 11.6 Å². The van der Waals surface area contributed by atoms with Crippen LogP contribution in [0.5, 0.6) is 0 Å². The van der Waals surface area contributed by atoms with Crippen molar-refractivity contribution in [3.05, 3.63) is 34.9 Å². The Labute approximate surface area is 102 Å². The second-order valence-corrected chi connectivity index (χ2v) is 5.09. The summed E-state index contributed by atoms with van der Waals surface area (Å²) >= 11 is 5.97. The Bertz CT molecular complexity index is 359. The van der Waals surface area contributed by atoms with Gasteiger partial charge in [-0.25, -0.2) is 0 Å². The van der Waals surface area contributed by atoms with Gasteiger partial charge in [-0.15, -0.1) is 0 Å². The molecule has 0 spiro atoms. The number of ether oxygens (including phenoxy) is 1. The van der Waals surface area contributed by atoms with E-state index in [0.717, 1.165) is 30.2 Å². The molecule has 1 aromatic carbocycles. The standard InChI is InChI=1S/C13H18ClNO/c1-3-13(2)9-16-12(8-15-13)10-5-4-6-11(14)7-10/h4-7,12,15H,3,8-9H2,1-2H3. The Hall–Kier alpha value is -0.570.